The summed E-state index contributed by atoms with van der Waals surface area (Å²) in [5.74, 6) is -0.102. The Hall–Kier alpha value is -2.68. The van der Waals surface area contributed by atoms with E-state index in [1.807, 2.05) is 48.5 Å². The molecule has 0 bridgehead atoms. The minimum Gasteiger partial charge on any atom is -0.273 e. The van der Waals surface area contributed by atoms with E-state index in [1.165, 1.54) is 12.8 Å². The summed E-state index contributed by atoms with van der Waals surface area (Å²) in [5, 5.41) is 4.15. The van der Waals surface area contributed by atoms with Gasteiger partial charge in [-0.25, -0.2) is 5.43 Å². The molecular weight excluding hydrogens is 308 g/mol. The molecule has 0 unspecified atom stereocenters. The number of allylic oxidation sites excluding steroid dienone is 1. The first-order valence-electron chi connectivity index (χ1n) is 8.89. The Morgan fingerprint density at radius 1 is 1.00 bits per heavy atom. The Kier molecular flexibility index (Phi) is 8.19. The zero-order chi connectivity index (χ0) is 17.7. The molecule has 2 aromatic rings. The fourth-order valence-corrected chi connectivity index (χ4v) is 2.52. The molecule has 0 saturated carbocycles. The van der Waals surface area contributed by atoms with E-state index in [9.17, 15) is 4.79 Å². The fraction of sp³-hybridized carbons (Fsp3) is 0.273. The van der Waals surface area contributed by atoms with E-state index in [2.05, 4.69) is 35.7 Å². The Balaban J connectivity index is 1.94. The Labute approximate surface area is 150 Å². The molecular formula is C22H26N2O. The van der Waals surface area contributed by atoms with Crippen molar-refractivity contribution in [3.8, 4) is 0 Å². The summed E-state index contributed by atoms with van der Waals surface area (Å²) in [6.07, 6.45) is 8.70. The van der Waals surface area contributed by atoms with Crippen molar-refractivity contribution in [2.45, 2.75) is 39.0 Å². The molecule has 25 heavy (non-hydrogen) atoms. The molecule has 0 spiro atoms. The van der Waals surface area contributed by atoms with E-state index in [0.717, 1.165) is 29.5 Å². The number of rotatable bonds is 9. The smallest absolute Gasteiger partial charge is 0.244 e. The van der Waals surface area contributed by atoms with E-state index in [-0.39, 0.29) is 5.91 Å². The van der Waals surface area contributed by atoms with E-state index in [0.29, 0.717) is 6.42 Å². The van der Waals surface area contributed by atoms with E-state index in [1.54, 1.807) is 6.21 Å². The third-order valence-corrected chi connectivity index (χ3v) is 3.85. The highest BCUT2D eigenvalue weighted by Gasteiger charge is 2.01. The van der Waals surface area contributed by atoms with Crippen LogP contribution in [0.3, 0.4) is 0 Å². The number of hydrogen-bond acceptors (Lipinski definition) is 2. The van der Waals surface area contributed by atoms with E-state index < -0.39 is 0 Å². The van der Waals surface area contributed by atoms with Gasteiger partial charge in [0.2, 0.25) is 5.91 Å². The SMILES string of the molecule is CCCCCC(C=NNC(=O)Cc1ccccc1)=Cc1ccccc1. The van der Waals surface area contributed by atoms with Gasteiger partial charge in [-0.2, -0.15) is 5.10 Å². The molecule has 0 saturated heterocycles. The average molecular weight is 334 g/mol. The number of carbonyl (C=O) groups excluding carboxylic acids is 1. The summed E-state index contributed by atoms with van der Waals surface area (Å²) in [5.41, 5.74) is 5.89. The van der Waals surface area contributed by atoms with Gasteiger partial charge in [0.25, 0.3) is 0 Å². The molecule has 3 nitrogen and oxygen atoms in total. The minimum atomic E-state index is -0.102. The predicted octanol–water partition coefficient (Wildman–Crippen LogP) is 5.00. The zero-order valence-corrected chi connectivity index (χ0v) is 14.8. The number of nitrogens with zero attached hydrogens (tertiary/aromatic N) is 1. The monoisotopic (exact) mass is 334 g/mol. The lowest BCUT2D eigenvalue weighted by atomic mass is 10.1. The van der Waals surface area contributed by atoms with Crippen LogP contribution >= 0.6 is 0 Å². The molecule has 3 heteroatoms. The molecule has 1 amide bonds. The van der Waals surface area contributed by atoms with Gasteiger partial charge in [-0.15, -0.1) is 0 Å². The van der Waals surface area contributed by atoms with Crippen LogP contribution in [-0.4, -0.2) is 12.1 Å². The summed E-state index contributed by atoms with van der Waals surface area (Å²) in [4.78, 5) is 12.0. The van der Waals surface area contributed by atoms with Crippen LogP contribution in [0.5, 0.6) is 0 Å². The van der Waals surface area contributed by atoms with Gasteiger partial charge in [0.05, 0.1) is 12.6 Å². The molecule has 0 heterocycles. The van der Waals surface area contributed by atoms with Crippen molar-refractivity contribution in [1.82, 2.24) is 5.43 Å². The molecule has 0 aliphatic carbocycles. The number of benzene rings is 2. The van der Waals surface area contributed by atoms with Crippen LogP contribution in [0.15, 0.2) is 71.3 Å². The van der Waals surface area contributed by atoms with Gasteiger partial charge in [0.15, 0.2) is 0 Å². The average Bonchev–Trinajstić information content (AvgIpc) is 2.63. The van der Waals surface area contributed by atoms with Gasteiger partial charge in [-0.05, 0) is 29.5 Å². The first-order chi connectivity index (χ1) is 12.3. The lowest BCUT2D eigenvalue weighted by Gasteiger charge is -2.03. The number of amides is 1. The second-order valence-electron chi connectivity index (χ2n) is 6.04. The first kappa shape index (κ1) is 18.7. The third-order valence-electron chi connectivity index (χ3n) is 3.85. The van der Waals surface area contributed by atoms with Gasteiger partial charge in [-0.1, -0.05) is 86.5 Å². The molecule has 0 aliphatic rings. The highest BCUT2D eigenvalue weighted by molar-refractivity contribution is 5.87. The molecule has 1 N–H and O–H groups in total. The lowest BCUT2D eigenvalue weighted by molar-refractivity contribution is -0.120. The summed E-state index contributed by atoms with van der Waals surface area (Å²) in [6, 6.07) is 19.9. The van der Waals surface area contributed by atoms with Crippen LogP contribution < -0.4 is 5.43 Å². The van der Waals surface area contributed by atoms with Crippen molar-refractivity contribution >= 4 is 18.2 Å². The number of hydrazone groups is 1. The van der Waals surface area contributed by atoms with Gasteiger partial charge < -0.3 is 0 Å². The summed E-state index contributed by atoms with van der Waals surface area (Å²) >= 11 is 0. The third kappa shape index (κ3) is 7.62. The number of unbranched alkanes of at least 4 members (excludes halogenated alkanes) is 2. The van der Waals surface area contributed by atoms with Crippen LogP contribution in [0.1, 0.15) is 43.7 Å². The molecule has 0 fully saturated rings. The van der Waals surface area contributed by atoms with Crippen molar-refractivity contribution in [1.29, 1.82) is 0 Å². The molecule has 0 atom stereocenters. The van der Waals surface area contributed by atoms with Crippen LogP contribution in [0.4, 0.5) is 0 Å². The van der Waals surface area contributed by atoms with Crippen LogP contribution in [-0.2, 0) is 11.2 Å². The topological polar surface area (TPSA) is 41.5 Å². The maximum Gasteiger partial charge on any atom is 0.244 e. The molecule has 2 rings (SSSR count). The van der Waals surface area contributed by atoms with Crippen molar-refractivity contribution < 1.29 is 4.79 Å². The van der Waals surface area contributed by atoms with Crippen LogP contribution in [0, 0.1) is 0 Å². The number of hydrogen-bond donors (Lipinski definition) is 1. The predicted molar refractivity (Wildman–Crippen MR) is 105 cm³/mol. The number of nitrogens with one attached hydrogen (secondary N) is 1. The minimum absolute atomic E-state index is 0.102. The lowest BCUT2D eigenvalue weighted by Crippen LogP contribution is -2.19. The Morgan fingerprint density at radius 2 is 1.68 bits per heavy atom. The van der Waals surface area contributed by atoms with Crippen molar-refractivity contribution in [2.24, 2.45) is 5.10 Å². The highest BCUT2D eigenvalue weighted by atomic mass is 16.2. The molecule has 0 radical (unpaired) electrons. The van der Waals surface area contributed by atoms with Gasteiger partial charge in [0, 0.05) is 0 Å². The Bertz CT molecular complexity index is 690. The highest BCUT2D eigenvalue weighted by Crippen LogP contribution is 2.12. The van der Waals surface area contributed by atoms with E-state index >= 15 is 0 Å². The fourth-order valence-electron chi connectivity index (χ4n) is 2.52. The van der Waals surface area contributed by atoms with Gasteiger partial charge in [0.1, 0.15) is 0 Å². The quantitative estimate of drug-likeness (QED) is 0.391. The maximum absolute atomic E-state index is 12.0. The van der Waals surface area contributed by atoms with Crippen molar-refractivity contribution in [2.75, 3.05) is 0 Å². The second kappa shape index (κ2) is 11.0. The summed E-state index contributed by atoms with van der Waals surface area (Å²) in [7, 11) is 0. The van der Waals surface area contributed by atoms with Crippen molar-refractivity contribution in [3.63, 3.8) is 0 Å². The van der Waals surface area contributed by atoms with Crippen molar-refractivity contribution in [3.05, 3.63) is 77.4 Å². The maximum atomic E-state index is 12.0. The van der Waals surface area contributed by atoms with Gasteiger partial charge in [-0.3, -0.25) is 4.79 Å². The summed E-state index contributed by atoms with van der Waals surface area (Å²) < 4.78 is 0. The molecule has 130 valence electrons. The first-order valence-corrected chi connectivity index (χ1v) is 8.89. The normalized spacial score (nSPS) is 11.6. The van der Waals surface area contributed by atoms with Crippen LogP contribution in [0.25, 0.3) is 6.08 Å². The summed E-state index contributed by atoms with van der Waals surface area (Å²) in [6.45, 7) is 2.19. The zero-order valence-electron chi connectivity index (χ0n) is 14.8. The molecule has 2 aromatic carbocycles. The standard InChI is InChI=1S/C22H26N2O/c1-2-3-6-15-21(16-19-11-7-4-8-12-19)18-23-24-22(25)17-20-13-9-5-10-14-20/h4-5,7-14,16,18H,2-3,6,15,17H2,1H3,(H,24,25). The molecule has 0 aliphatic heterocycles. The van der Waals surface area contributed by atoms with E-state index in [4.69, 9.17) is 0 Å². The largest absolute Gasteiger partial charge is 0.273 e. The van der Waals surface area contributed by atoms with Gasteiger partial charge >= 0.3 is 0 Å². The van der Waals surface area contributed by atoms with Crippen LogP contribution in [0.2, 0.25) is 0 Å². The number of carbonyl (C=O) groups is 1. The molecule has 0 aromatic heterocycles. The Morgan fingerprint density at radius 3 is 2.36 bits per heavy atom. The second-order valence-corrected chi connectivity index (χ2v) is 6.04.